The van der Waals surface area contributed by atoms with Gasteiger partial charge in [-0.25, -0.2) is 0 Å². The summed E-state index contributed by atoms with van der Waals surface area (Å²) in [6.45, 7) is 4.35. The highest BCUT2D eigenvalue weighted by Gasteiger charge is 2.43. The van der Waals surface area contributed by atoms with E-state index in [9.17, 15) is 4.79 Å². The molecule has 0 aromatic carbocycles. The summed E-state index contributed by atoms with van der Waals surface area (Å²) in [6.07, 6.45) is 6.27. The third kappa shape index (κ3) is 2.78. The maximum Gasteiger partial charge on any atom is 0.238 e. The van der Waals surface area contributed by atoms with Crippen molar-refractivity contribution >= 4 is 5.91 Å². The average Bonchev–Trinajstić information content (AvgIpc) is 3.03. The number of amides is 1. The molecule has 108 valence electrons. The summed E-state index contributed by atoms with van der Waals surface area (Å²) in [5, 5.41) is 3.44. The van der Waals surface area contributed by atoms with Gasteiger partial charge in [-0.1, -0.05) is 0 Å². The van der Waals surface area contributed by atoms with Gasteiger partial charge in [-0.05, 0) is 39.0 Å². The molecule has 0 aromatic rings. The van der Waals surface area contributed by atoms with Crippen LogP contribution in [-0.2, 0) is 9.53 Å². The largest absolute Gasteiger partial charge is 0.375 e. The number of nitrogens with one attached hydrogen (secondary N) is 1. The molecular formula is C14H25N3O2. The van der Waals surface area contributed by atoms with Crippen LogP contribution in [0.5, 0.6) is 0 Å². The summed E-state index contributed by atoms with van der Waals surface area (Å²) in [5.41, 5.74) is 5.04. The number of carbonyl (C=O) groups excluding carboxylic acids is 1. The lowest BCUT2D eigenvalue weighted by Crippen LogP contribution is -2.63. The Balaban J connectivity index is 1.68. The maximum absolute atomic E-state index is 11.9. The highest BCUT2D eigenvalue weighted by Crippen LogP contribution is 2.31. The molecular weight excluding hydrogens is 242 g/mol. The minimum Gasteiger partial charge on any atom is -0.375 e. The zero-order valence-corrected chi connectivity index (χ0v) is 11.7. The predicted octanol–water partition coefficient (Wildman–Crippen LogP) is 0.236. The first kappa shape index (κ1) is 13.3. The zero-order chi connectivity index (χ0) is 13.5. The van der Waals surface area contributed by atoms with Gasteiger partial charge < -0.3 is 10.5 Å². The molecule has 3 rings (SSSR count). The van der Waals surface area contributed by atoms with Crippen molar-refractivity contribution in [3.63, 3.8) is 0 Å². The van der Waals surface area contributed by atoms with Gasteiger partial charge in [0.2, 0.25) is 5.91 Å². The van der Waals surface area contributed by atoms with Crippen LogP contribution < -0.4 is 11.1 Å². The number of hydrogen-bond donors (Lipinski definition) is 2. The van der Waals surface area contributed by atoms with Crippen molar-refractivity contribution in [1.29, 1.82) is 0 Å². The highest BCUT2D eigenvalue weighted by atomic mass is 16.5. The van der Waals surface area contributed by atoms with Crippen LogP contribution in [0, 0.1) is 0 Å². The average molecular weight is 267 g/mol. The molecule has 5 heteroatoms. The van der Waals surface area contributed by atoms with Gasteiger partial charge >= 0.3 is 0 Å². The molecule has 3 N–H and O–H groups in total. The molecule has 2 saturated carbocycles. The van der Waals surface area contributed by atoms with E-state index in [1.165, 1.54) is 12.8 Å². The van der Waals surface area contributed by atoms with Gasteiger partial charge in [0.25, 0.3) is 0 Å². The van der Waals surface area contributed by atoms with Crippen LogP contribution in [0.2, 0.25) is 0 Å². The third-order valence-electron chi connectivity index (χ3n) is 4.76. The second kappa shape index (κ2) is 5.04. The molecule has 2 aliphatic carbocycles. The van der Waals surface area contributed by atoms with E-state index in [1.54, 1.807) is 0 Å². The van der Waals surface area contributed by atoms with Crippen LogP contribution >= 0.6 is 0 Å². The molecule has 3 aliphatic rings. The Kier molecular flexibility index (Phi) is 3.53. The third-order valence-corrected chi connectivity index (χ3v) is 4.76. The van der Waals surface area contributed by atoms with Gasteiger partial charge in [0, 0.05) is 25.2 Å². The minimum absolute atomic E-state index is 0.236. The topological polar surface area (TPSA) is 67.6 Å². The standard InChI is InChI=1S/C14H25N3O2/c1-14(13(15)18,16-10-5-6-10)9-17-7-8-19-12-4-2-3-11(12)17/h10-12,16H,2-9H2,1H3,(H2,15,18). The number of fused-ring (bicyclic) bond motifs is 1. The fourth-order valence-corrected chi connectivity index (χ4v) is 3.48. The minimum atomic E-state index is -0.606. The Bertz CT molecular complexity index is 359. The molecule has 1 amide bonds. The first-order chi connectivity index (χ1) is 9.08. The number of rotatable bonds is 5. The van der Waals surface area contributed by atoms with Crippen LogP contribution in [-0.4, -0.2) is 54.2 Å². The van der Waals surface area contributed by atoms with E-state index in [1.807, 2.05) is 6.92 Å². The fourth-order valence-electron chi connectivity index (χ4n) is 3.48. The van der Waals surface area contributed by atoms with Gasteiger partial charge in [-0.15, -0.1) is 0 Å². The number of ether oxygens (including phenoxy) is 1. The van der Waals surface area contributed by atoms with Crippen molar-refractivity contribution in [3.8, 4) is 0 Å². The summed E-state index contributed by atoms with van der Waals surface area (Å²) < 4.78 is 5.82. The second-order valence-electron chi connectivity index (χ2n) is 6.49. The van der Waals surface area contributed by atoms with E-state index in [4.69, 9.17) is 10.5 Å². The number of primary amides is 1. The molecule has 3 fully saturated rings. The Morgan fingerprint density at radius 1 is 1.42 bits per heavy atom. The van der Waals surface area contributed by atoms with Crippen molar-refractivity contribution < 1.29 is 9.53 Å². The number of hydrogen-bond acceptors (Lipinski definition) is 4. The summed E-state index contributed by atoms with van der Waals surface area (Å²) in [4.78, 5) is 14.3. The van der Waals surface area contributed by atoms with Gasteiger partial charge in [0.05, 0.1) is 12.7 Å². The molecule has 0 bridgehead atoms. The molecule has 3 atom stereocenters. The molecule has 19 heavy (non-hydrogen) atoms. The van der Waals surface area contributed by atoms with Crippen molar-refractivity contribution in [2.75, 3.05) is 19.7 Å². The number of nitrogens with zero attached hydrogens (tertiary/aromatic N) is 1. The molecule has 0 spiro atoms. The van der Waals surface area contributed by atoms with Crippen LogP contribution in [0.25, 0.3) is 0 Å². The summed E-state index contributed by atoms with van der Waals surface area (Å²) >= 11 is 0. The van der Waals surface area contributed by atoms with Crippen LogP contribution in [0.15, 0.2) is 0 Å². The van der Waals surface area contributed by atoms with Crippen molar-refractivity contribution in [2.24, 2.45) is 5.73 Å². The molecule has 1 saturated heterocycles. The Morgan fingerprint density at radius 3 is 2.89 bits per heavy atom. The monoisotopic (exact) mass is 267 g/mol. The van der Waals surface area contributed by atoms with Gasteiger partial charge in [-0.2, -0.15) is 0 Å². The highest BCUT2D eigenvalue weighted by molar-refractivity contribution is 5.84. The first-order valence-corrected chi connectivity index (χ1v) is 7.52. The van der Waals surface area contributed by atoms with E-state index < -0.39 is 5.54 Å². The van der Waals surface area contributed by atoms with Crippen LogP contribution in [0.1, 0.15) is 39.0 Å². The van der Waals surface area contributed by atoms with Crippen molar-refractivity contribution in [3.05, 3.63) is 0 Å². The molecule has 0 radical (unpaired) electrons. The normalized spacial score (nSPS) is 34.8. The quantitative estimate of drug-likeness (QED) is 0.748. The van der Waals surface area contributed by atoms with E-state index in [2.05, 4.69) is 10.2 Å². The lowest BCUT2D eigenvalue weighted by atomic mass is 9.98. The lowest BCUT2D eigenvalue weighted by molar-refractivity contribution is -0.127. The maximum atomic E-state index is 11.9. The SMILES string of the molecule is CC(CN1CCOC2CCCC21)(NC1CC1)C(N)=O. The Hall–Kier alpha value is -0.650. The van der Waals surface area contributed by atoms with Gasteiger partial charge in [-0.3, -0.25) is 15.0 Å². The smallest absolute Gasteiger partial charge is 0.238 e. The molecule has 1 aliphatic heterocycles. The van der Waals surface area contributed by atoms with Crippen LogP contribution in [0.4, 0.5) is 0 Å². The summed E-state index contributed by atoms with van der Waals surface area (Å²) in [7, 11) is 0. The number of carbonyl (C=O) groups is 1. The van der Waals surface area contributed by atoms with E-state index in [0.29, 0.717) is 24.7 Å². The van der Waals surface area contributed by atoms with Crippen molar-refractivity contribution in [2.45, 2.75) is 62.8 Å². The van der Waals surface area contributed by atoms with Gasteiger partial charge in [0.15, 0.2) is 0 Å². The first-order valence-electron chi connectivity index (χ1n) is 7.52. The number of morpholine rings is 1. The summed E-state index contributed by atoms with van der Waals surface area (Å²) in [6, 6.07) is 0.964. The number of nitrogens with two attached hydrogens (primary N) is 1. The van der Waals surface area contributed by atoms with E-state index >= 15 is 0 Å². The fraction of sp³-hybridized carbons (Fsp3) is 0.929. The molecule has 0 aromatic heterocycles. The second-order valence-corrected chi connectivity index (χ2v) is 6.49. The molecule has 3 unspecified atom stereocenters. The Labute approximate surface area is 114 Å². The van der Waals surface area contributed by atoms with Crippen LogP contribution in [0.3, 0.4) is 0 Å². The van der Waals surface area contributed by atoms with E-state index in [-0.39, 0.29) is 5.91 Å². The molecule has 1 heterocycles. The Morgan fingerprint density at radius 2 is 2.21 bits per heavy atom. The van der Waals surface area contributed by atoms with Crippen molar-refractivity contribution in [1.82, 2.24) is 10.2 Å². The lowest BCUT2D eigenvalue weighted by Gasteiger charge is -2.42. The van der Waals surface area contributed by atoms with E-state index in [0.717, 1.165) is 32.4 Å². The zero-order valence-electron chi connectivity index (χ0n) is 11.7. The van der Waals surface area contributed by atoms with Gasteiger partial charge in [0.1, 0.15) is 5.54 Å². The summed E-state index contributed by atoms with van der Waals surface area (Å²) in [5.74, 6) is -0.236. The predicted molar refractivity (Wildman–Crippen MR) is 72.7 cm³/mol. The molecule has 5 nitrogen and oxygen atoms in total.